The molecule has 4 heterocycles. The molecular formula is C26H19F5N4O3. The van der Waals surface area contributed by atoms with Crippen molar-refractivity contribution >= 4 is 22.6 Å². The highest BCUT2D eigenvalue weighted by atomic mass is 19.4. The third-order valence-electron chi connectivity index (χ3n) is 6.43. The number of anilines is 1. The van der Waals surface area contributed by atoms with Gasteiger partial charge in [0.15, 0.2) is 17.1 Å². The Morgan fingerprint density at radius 2 is 1.82 bits per heavy atom. The molecule has 0 spiro atoms. The molecule has 4 aromatic rings. The van der Waals surface area contributed by atoms with Crippen molar-refractivity contribution in [1.82, 2.24) is 15.0 Å². The molecule has 1 aliphatic heterocycles. The molecule has 0 unspecified atom stereocenters. The first-order valence-corrected chi connectivity index (χ1v) is 11.5. The third-order valence-corrected chi connectivity index (χ3v) is 6.43. The molecular weight excluding hydrogens is 511 g/mol. The van der Waals surface area contributed by atoms with Gasteiger partial charge < -0.3 is 9.72 Å². The lowest BCUT2D eigenvalue weighted by Gasteiger charge is -2.19. The van der Waals surface area contributed by atoms with Gasteiger partial charge in [0.05, 0.1) is 27.7 Å². The number of aromatic amines is 1. The van der Waals surface area contributed by atoms with E-state index in [1.165, 1.54) is 31.0 Å². The number of benzene rings is 1. The molecule has 1 aromatic carbocycles. The second-order valence-corrected chi connectivity index (χ2v) is 8.81. The van der Waals surface area contributed by atoms with E-state index < -0.39 is 28.8 Å². The molecule has 1 N–H and O–H groups in total. The summed E-state index contributed by atoms with van der Waals surface area (Å²) in [4.78, 5) is 37.9. The lowest BCUT2D eigenvalue weighted by molar-refractivity contribution is -0.138. The lowest BCUT2D eigenvalue weighted by Crippen LogP contribution is -2.26. The number of carbonyl (C=O) groups is 1. The number of carbonyl (C=O) groups excluding carboxylic acids is 1. The van der Waals surface area contributed by atoms with Crippen molar-refractivity contribution in [1.29, 1.82) is 0 Å². The Bertz CT molecular complexity index is 1670. The summed E-state index contributed by atoms with van der Waals surface area (Å²) >= 11 is 0. The van der Waals surface area contributed by atoms with E-state index in [-0.39, 0.29) is 56.6 Å². The second kappa shape index (κ2) is 9.19. The zero-order chi connectivity index (χ0) is 27.4. The SMILES string of the molecule is Cc1c(Oc2ncc(C(F)(F)F)c(C)c2-c2cc(=O)c3c(N4CCCC4=O)nccc3[nH]2)ccc(F)c1F. The molecule has 1 fully saturated rings. The number of amides is 1. The van der Waals surface area contributed by atoms with E-state index in [2.05, 4.69) is 15.0 Å². The van der Waals surface area contributed by atoms with Crippen LogP contribution in [0.2, 0.25) is 0 Å². The van der Waals surface area contributed by atoms with Crippen LogP contribution in [-0.2, 0) is 11.0 Å². The molecule has 0 atom stereocenters. The summed E-state index contributed by atoms with van der Waals surface area (Å²) in [6.45, 7) is 2.82. The number of fused-ring (bicyclic) bond motifs is 1. The molecule has 0 radical (unpaired) electrons. The third kappa shape index (κ3) is 4.25. The Morgan fingerprint density at radius 1 is 1.05 bits per heavy atom. The number of halogens is 5. The summed E-state index contributed by atoms with van der Waals surface area (Å²) in [5, 5.41) is 0.100. The normalized spacial score (nSPS) is 14.0. The summed E-state index contributed by atoms with van der Waals surface area (Å²) in [6.07, 6.45) is -1.90. The molecule has 196 valence electrons. The van der Waals surface area contributed by atoms with Crippen molar-refractivity contribution in [3.63, 3.8) is 0 Å². The van der Waals surface area contributed by atoms with Crippen LogP contribution in [0.1, 0.15) is 29.5 Å². The van der Waals surface area contributed by atoms with Gasteiger partial charge in [-0.3, -0.25) is 14.5 Å². The van der Waals surface area contributed by atoms with Gasteiger partial charge in [0.25, 0.3) is 0 Å². The largest absolute Gasteiger partial charge is 0.438 e. The van der Waals surface area contributed by atoms with Gasteiger partial charge in [0, 0.05) is 37.0 Å². The minimum atomic E-state index is -4.77. The fourth-order valence-electron chi connectivity index (χ4n) is 4.50. The molecule has 12 heteroatoms. The monoisotopic (exact) mass is 530 g/mol. The number of H-pyrrole nitrogens is 1. The molecule has 0 bridgehead atoms. The van der Waals surface area contributed by atoms with Gasteiger partial charge in [0.2, 0.25) is 11.8 Å². The minimum Gasteiger partial charge on any atom is -0.438 e. The van der Waals surface area contributed by atoms with Crippen molar-refractivity contribution in [2.45, 2.75) is 32.9 Å². The van der Waals surface area contributed by atoms with Crippen LogP contribution < -0.4 is 15.1 Å². The fourth-order valence-corrected chi connectivity index (χ4v) is 4.50. The van der Waals surface area contributed by atoms with E-state index in [4.69, 9.17) is 4.74 Å². The predicted octanol–water partition coefficient (Wildman–Crippen LogP) is 5.82. The number of aromatic nitrogens is 3. The first-order valence-electron chi connectivity index (χ1n) is 11.5. The van der Waals surface area contributed by atoms with E-state index in [0.29, 0.717) is 25.6 Å². The van der Waals surface area contributed by atoms with E-state index >= 15 is 0 Å². The molecule has 3 aromatic heterocycles. The number of rotatable bonds is 4. The molecule has 1 aliphatic rings. The molecule has 0 saturated carbocycles. The number of hydrogen-bond donors (Lipinski definition) is 1. The van der Waals surface area contributed by atoms with Gasteiger partial charge in [-0.15, -0.1) is 0 Å². The van der Waals surface area contributed by atoms with Gasteiger partial charge in [-0.2, -0.15) is 13.2 Å². The fraction of sp³-hybridized carbons (Fsp3) is 0.231. The molecule has 1 saturated heterocycles. The van der Waals surface area contributed by atoms with E-state index in [1.807, 2.05) is 0 Å². The Morgan fingerprint density at radius 3 is 2.50 bits per heavy atom. The van der Waals surface area contributed by atoms with Gasteiger partial charge in [0.1, 0.15) is 11.6 Å². The maximum Gasteiger partial charge on any atom is 0.418 e. The maximum absolute atomic E-state index is 14.1. The summed E-state index contributed by atoms with van der Waals surface area (Å²) in [5.41, 5.74) is -2.21. The number of nitrogens with zero attached hydrogens (tertiary/aromatic N) is 3. The number of alkyl halides is 3. The van der Waals surface area contributed by atoms with Crippen molar-refractivity contribution in [2.75, 3.05) is 11.4 Å². The molecule has 0 aliphatic carbocycles. The highest BCUT2D eigenvalue weighted by Gasteiger charge is 2.35. The van der Waals surface area contributed by atoms with Crippen molar-refractivity contribution in [3.8, 4) is 22.9 Å². The van der Waals surface area contributed by atoms with Crippen molar-refractivity contribution in [3.05, 3.63) is 75.2 Å². The van der Waals surface area contributed by atoms with Crippen molar-refractivity contribution in [2.24, 2.45) is 0 Å². The average molecular weight is 530 g/mol. The highest BCUT2D eigenvalue weighted by molar-refractivity contribution is 6.02. The minimum absolute atomic E-state index is 0.0567. The van der Waals surface area contributed by atoms with E-state index in [1.54, 1.807) is 0 Å². The molecule has 1 amide bonds. The van der Waals surface area contributed by atoms with Gasteiger partial charge in [-0.05, 0) is 44.0 Å². The number of nitrogens with one attached hydrogen (secondary N) is 1. The van der Waals surface area contributed by atoms with E-state index in [9.17, 15) is 31.5 Å². The van der Waals surface area contributed by atoms with Crippen LogP contribution in [0.4, 0.5) is 27.8 Å². The summed E-state index contributed by atoms with van der Waals surface area (Å²) < 4.78 is 74.7. The predicted molar refractivity (Wildman–Crippen MR) is 128 cm³/mol. The smallest absolute Gasteiger partial charge is 0.418 e. The Balaban J connectivity index is 1.73. The van der Waals surface area contributed by atoms with Crippen LogP contribution in [0.25, 0.3) is 22.2 Å². The average Bonchev–Trinajstić information content (AvgIpc) is 3.28. The number of hydrogen-bond acceptors (Lipinski definition) is 5. The van der Waals surface area contributed by atoms with Crippen LogP contribution in [0.5, 0.6) is 11.6 Å². The molecule has 38 heavy (non-hydrogen) atoms. The van der Waals surface area contributed by atoms with E-state index in [0.717, 1.165) is 18.2 Å². The summed E-state index contributed by atoms with van der Waals surface area (Å²) in [7, 11) is 0. The lowest BCUT2D eigenvalue weighted by atomic mass is 10.0. The summed E-state index contributed by atoms with van der Waals surface area (Å²) in [5.74, 6) is -2.85. The quantitative estimate of drug-likeness (QED) is 0.336. The van der Waals surface area contributed by atoms with Crippen LogP contribution >= 0.6 is 0 Å². The molecule has 5 rings (SSSR count). The van der Waals surface area contributed by atoms with Crippen molar-refractivity contribution < 1.29 is 31.5 Å². The second-order valence-electron chi connectivity index (χ2n) is 8.81. The van der Waals surface area contributed by atoms with Crippen LogP contribution in [0.15, 0.2) is 41.5 Å². The standard InChI is InChI=1S/C26H19F5N4O3/c1-12-14(26(29,30)31)11-33-25(38-19-6-5-15(27)23(28)13(19)2)21(12)17-10-18(36)22-16(34-17)7-8-32-24(22)35-9-3-4-20(35)37/h5-8,10-11H,3-4,9H2,1-2H3,(H,34,36). The zero-order valence-electron chi connectivity index (χ0n) is 20.0. The Labute approximate surface area is 211 Å². The van der Waals surface area contributed by atoms with Crippen LogP contribution in [0.3, 0.4) is 0 Å². The summed E-state index contributed by atoms with van der Waals surface area (Å²) in [6, 6.07) is 4.48. The Kier molecular flexibility index (Phi) is 6.12. The number of ether oxygens (including phenoxy) is 1. The maximum atomic E-state index is 14.1. The first kappa shape index (κ1) is 25.3. The van der Waals surface area contributed by atoms with Crippen LogP contribution in [0, 0.1) is 25.5 Å². The molecule has 7 nitrogen and oxygen atoms in total. The first-order chi connectivity index (χ1) is 18.0. The topological polar surface area (TPSA) is 88.2 Å². The highest BCUT2D eigenvalue weighted by Crippen LogP contribution is 2.41. The number of pyridine rings is 3. The van der Waals surface area contributed by atoms with Crippen LogP contribution in [-0.4, -0.2) is 27.4 Å². The van der Waals surface area contributed by atoms with Gasteiger partial charge in [-0.1, -0.05) is 0 Å². The van der Waals surface area contributed by atoms with Gasteiger partial charge in [-0.25, -0.2) is 18.7 Å². The zero-order valence-corrected chi connectivity index (χ0v) is 20.0. The van der Waals surface area contributed by atoms with Gasteiger partial charge >= 0.3 is 6.18 Å². The Hall–Kier alpha value is -4.35.